The molecule has 160 valence electrons. The molecule has 1 aliphatic rings. The van der Waals surface area contributed by atoms with Gasteiger partial charge in [-0.15, -0.1) is 0 Å². The van der Waals surface area contributed by atoms with Gasteiger partial charge >= 0.3 is 6.09 Å². The summed E-state index contributed by atoms with van der Waals surface area (Å²) >= 11 is 0. The molecule has 1 aromatic carbocycles. The average molecular weight is 408 g/mol. The van der Waals surface area contributed by atoms with Crippen LogP contribution in [0.25, 0.3) is 0 Å². The second kappa shape index (κ2) is 9.82. The van der Waals surface area contributed by atoms with Crippen LogP contribution in [0.1, 0.15) is 51.6 Å². The van der Waals surface area contributed by atoms with Crippen LogP contribution in [-0.4, -0.2) is 58.8 Å². The average Bonchev–Trinajstić information content (AvgIpc) is 2.66. The van der Waals surface area contributed by atoms with Gasteiger partial charge in [0, 0.05) is 19.4 Å². The molecule has 1 saturated heterocycles. The van der Waals surface area contributed by atoms with Gasteiger partial charge < -0.3 is 20.0 Å². The van der Waals surface area contributed by atoms with E-state index in [-0.39, 0.29) is 25.7 Å². The van der Waals surface area contributed by atoms with E-state index in [2.05, 4.69) is 5.32 Å². The van der Waals surface area contributed by atoms with Crippen LogP contribution in [0.4, 0.5) is 9.18 Å². The molecule has 0 bridgehead atoms. The number of benzene rings is 1. The number of aliphatic hydroxyl groups is 1. The zero-order valence-corrected chi connectivity index (χ0v) is 17.0. The minimum atomic E-state index is -1.74. The molecule has 0 radical (unpaired) electrons. The van der Waals surface area contributed by atoms with Crippen molar-refractivity contribution in [1.29, 1.82) is 0 Å². The second-order valence-corrected chi connectivity index (χ2v) is 8.23. The van der Waals surface area contributed by atoms with Crippen molar-refractivity contribution in [2.24, 2.45) is 0 Å². The van der Waals surface area contributed by atoms with Crippen molar-refractivity contribution in [3.63, 3.8) is 0 Å². The number of aliphatic hydroxyl groups excluding tert-OH is 1. The topological polar surface area (TPSA) is 95.9 Å². The van der Waals surface area contributed by atoms with E-state index in [1.807, 2.05) is 0 Å². The summed E-state index contributed by atoms with van der Waals surface area (Å²) < 4.78 is 19.2. The number of hydrogen-bond donors (Lipinski definition) is 2. The predicted molar refractivity (Wildman–Crippen MR) is 105 cm³/mol. The number of aldehydes is 1. The van der Waals surface area contributed by atoms with Crippen LogP contribution in [0.5, 0.6) is 0 Å². The zero-order chi connectivity index (χ0) is 21.6. The van der Waals surface area contributed by atoms with Crippen molar-refractivity contribution < 1.29 is 28.6 Å². The Balaban J connectivity index is 2.19. The minimum absolute atomic E-state index is 0.0549. The molecule has 3 unspecified atom stereocenters. The van der Waals surface area contributed by atoms with Crippen molar-refractivity contribution in [3.8, 4) is 0 Å². The fourth-order valence-corrected chi connectivity index (χ4v) is 3.25. The molecule has 2 amide bonds. The van der Waals surface area contributed by atoms with Gasteiger partial charge in [0.05, 0.1) is 12.1 Å². The van der Waals surface area contributed by atoms with Crippen LogP contribution < -0.4 is 5.32 Å². The summed E-state index contributed by atoms with van der Waals surface area (Å²) in [7, 11) is 0. The zero-order valence-electron chi connectivity index (χ0n) is 17.0. The molecular formula is C21H29FN2O5. The monoisotopic (exact) mass is 408 g/mol. The lowest BCUT2D eigenvalue weighted by Crippen LogP contribution is -2.56. The first-order chi connectivity index (χ1) is 13.6. The molecule has 8 heteroatoms. The van der Waals surface area contributed by atoms with E-state index in [0.717, 1.165) is 0 Å². The quantitative estimate of drug-likeness (QED) is 0.705. The molecular weight excluding hydrogens is 379 g/mol. The van der Waals surface area contributed by atoms with E-state index in [1.165, 1.54) is 4.90 Å². The van der Waals surface area contributed by atoms with E-state index in [1.54, 1.807) is 51.1 Å². The fourth-order valence-electron chi connectivity index (χ4n) is 3.25. The van der Waals surface area contributed by atoms with Gasteiger partial charge in [0.25, 0.3) is 0 Å². The number of nitrogens with zero attached hydrogens (tertiary/aromatic N) is 1. The third-order valence-electron chi connectivity index (χ3n) is 4.63. The summed E-state index contributed by atoms with van der Waals surface area (Å²) in [5.74, 6) is -0.526. The van der Waals surface area contributed by atoms with Crippen molar-refractivity contribution in [1.82, 2.24) is 10.2 Å². The summed E-state index contributed by atoms with van der Waals surface area (Å²) in [5.41, 5.74) is -0.0860. The van der Waals surface area contributed by atoms with Gasteiger partial charge in [-0.2, -0.15) is 0 Å². The number of amides is 2. The lowest BCUT2D eigenvalue weighted by atomic mass is 9.97. The van der Waals surface area contributed by atoms with Crippen LogP contribution in [-0.2, 0) is 14.3 Å². The Morgan fingerprint density at radius 2 is 2.00 bits per heavy atom. The molecule has 1 fully saturated rings. The first-order valence-electron chi connectivity index (χ1n) is 9.73. The Morgan fingerprint density at radius 3 is 2.59 bits per heavy atom. The number of carbonyl (C=O) groups excluding carboxylic acids is 3. The Kier molecular flexibility index (Phi) is 7.73. The molecule has 2 rings (SSSR count). The van der Waals surface area contributed by atoms with E-state index >= 15 is 0 Å². The van der Waals surface area contributed by atoms with Crippen LogP contribution in [0, 0.1) is 0 Å². The molecule has 4 atom stereocenters. The Labute approximate surface area is 170 Å². The molecule has 1 aliphatic heterocycles. The van der Waals surface area contributed by atoms with Gasteiger partial charge in [0.15, 0.2) is 12.5 Å². The first kappa shape index (κ1) is 22.8. The maximum Gasteiger partial charge on any atom is 0.410 e. The molecule has 2 N–H and O–H groups in total. The van der Waals surface area contributed by atoms with E-state index < -0.39 is 42.0 Å². The van der Waals surface area contributed by atoms with Crippen molar-refractivity contribution >= 4 is 18.3 Å². The highest BCUT2D eigenvalue weighted by atomic mass is 19.1. The maximum atomic E-state index is 13.8. The minimum Gasteiger partial charge on any atom is -0.444 e. The van der Waals surface area contributed by atoms with Gasteiger partial charge in [-0.1, -0.05) is 30.3 Å². The number of halogens is 1. The van der Waals surface area contributed by atoms with E-state index in [0.29, 0.717) is 12.0 Å². The van der Waals surface area contributed by atoms with Gasteiger partial charge in [-0.3, -0.25) is 9.69 Å². The molecule has 29 heavy (non-hydrogen) atoms. The summed E-state index contributed by atoms with van der Waals surface area (Å²) in [5, 5.41) is 12.8. The molecule has 0 saturated carbocycles. The molecule has 1 heterocycles. The number of likely N-dealkylation sites (tertiary alicyclic amines) is 1. The summed E-state index contributed by atoms with van der Waals surface area (Å²) in [6.45, 7) is 5.35. The molecule has 0 aliphatic carbocycles. The van der Waals surface area contributed by atoms with E-state index in [4.69, 9.17) is 4.74 Å². The van der Waals surface area contributed by atoms with Crippen molar-refractivity contribution in [2.75, 3.05) is 6.54 Å². The Bertz CT molecular complexity index is 707. The van der Waals surface area contributed by atoms with Gasteiger partial charge in [-0.05, 0) is 32.8 Å². The third kappa shape index (κ3) is 6.81. The normalized spacial score (nSPS) is 21.8. The highest BCUT2D eigenvalue weighted by Gasteiger charge is 2.38. The largest absolute Gasteiger partial charge is 0.444 e. The molecule has 1 aromatic rings. The summed E-state index contributed by atoms with van der Waals surface area (Å²) in [6.07, 6.45) is -2.75. The van der Waals surface area contributed by atoms with Crippen LogP contribution in [0.3, 0.4) is 0 Å². The number of carbonyl (C=O) groups is 3. The highest BCUT2D eigenvalue weighted by molar-refractivity contribution is 5.86. The number of hydrogen-bond acceptors (Lipinski definition) is 5. The Morgan fingerprint density at radius 1 is 1.34 bits per heavy atom. The van der Waals surface area contributed by atoms with Crippen molar-refractivity contribution in [2.45, 2.75) is 70.0 Å². The number of nitrogens with one attached hydrogen (secondary N) is 1. The summed E-state index contributed by atoms with van der Waals surface area (Å²) in [4.78, 5) is 37.6. The standard InChI is InChI=1S/C21H29FN2O5/c1-21(2,3)29-20(28)24-10-9-16(26)12-18(24)19(27)23-17(11-15(22)13-25)14-7-5-4-6-8-14/h4-8,13,15-18,26H,9-12H2,1-3H3,(H,23,27)/t15?,16?,17-,18?/m0/s1. The smallest absolute Gasteiger partial charge is 0.410 e. The van der Waals surface area contributed by atoms with Crippen LogP contribution >= 0.6 is 0 Å². The van der Waals surface area contributed by atoms with Crippen LogP contribution in [0.15, 0.2) is 30.3 Å². The second-order valence-electron chi connectivity index (χ2n) is 8.23. The van der Waals surface area contributed by atoms with E-state index in [9.17, 15) is 23.9 Å². The number of ether oxygens (including phenoxy) is 1. The summed E-state index contributed by atoms with van der Waals surface area (Å²) in [6, 6.07) is 7.04. The first-order valence-corrected chi connectivity index (χ1v) is 9.73. The van der Waals surface area contributed by atoms with Crippen molar-refractivity contribution in [3.05, 3.63) is 35.9 Å². The SMILES string of the molecule is CC(C)(C)OC(=O)N1CCC(O)CC1C(=O)N[C@@H](CC(F)C=O)c1ccccc1. The van der Waals surface area contributed by atoms with Gasteiger partial charge in [0.1, 0.15) is 11.6 Å². The molecule has 7 nitrogen and oxygen atoms in total. The molecule has 0 aromatic heterocycles. The predicted octanol–water partition coefficient (Wildman–Crippen LogP) is 2.53. The maximum absolute atomic E-state index is 13.8. The lowest BCUT2D eigenvalue weighted by molar-refractivity contribution is -0.130. The number of piperidine rings is 1. The Hall–Kier alpha value is -2.48. The van der Waals surface area contributed by atoms with Crippen LogP contribution in [0.2, 0.25) is 0 Å². The molecule has 0 spiro atoms. The number of rotatable bonds is 6. The van der Waals surface area contributed by atoms with Gasteiger partial charge in [-0.25, -0.2) is 9.18 Å². The fraction of sp³-hybridized carbons (Fsp3) is 0.571. The lowest BCUT2D eigenvalue weighted by Gasteiger charge is -2.38. The number of alkyl halides is 1. The highest BCUT2D eigenvalue weighted by Crippen LogP contribution is 2.24. The van der Waals surface area contributed by atoms with Gasteiger partial charge in [0.2, 0.25) is 5.91 Å². The third-order valence-corrected chi connectivity index (χ3v) is 4.63.